The van der Waals surface area contributed by atoms with Gasteiger partial charge in [0.2, 0.25) is 5.89 Å². The minimum atomic E-state index is 0.502. The molecule has 0 bridgehead atoms. The molecule has 0 unspecified atom stereocenters. The molecular weight excluding hydrogens is 442 g/mol. The first-order valence-corrected chi connectivity index (χ1v) is 7.59. The lowest BCUT2D eigenvalue weighted by molar-refractivity contribution is 0.618. The molecule has 3 rings (SSSR count). The van der Waals surface area contributed by atoms with Gasteiger partial charge in [-0.3, -0.25) is 4.98 Å². The molecule has 19 heavy (non-hydrogen) atoms. The molecule has 0 radical (unpaired) electrons. The molecule has 96 valence electrons. The van der Waals surface area contributed by atoms with Gasteiger partial charge in [0.05, 0.1) is 15.7 Å². The summed E-state index contributed by atoms with van der Waals surface area (Å²) in [5.74, 6) is 0.502. The monoisotopic (exact) mass is 445 g/mol. The minimum Gasteiger partial charge on any atom is -0.435 e. The number of rotatable bonds is 1. The van der Waals surface area contributed by atoms with E-state index in [0.29, 0.717) is 21.6 Å². The molecule has 0 spiro atoms. The van der Waals surface area contributed by atoms with Crippen LogP contribution >= 0.6 is 47.8 Å². The first kappa shape index (κ1) is 13.1. The van der Waals surface area contributed by atoms with Crippen molar-refractivity contribution in [1.29, 1.82) is 0 Å². The van der Waals surface area contributed by atoms with E-state index in [2.05, 4.69) is 57.8 Å². The summed E-state index contributed by atoms with van der Waals surface area (Å²) in [5.41, 5.74) is 8.65. The number of anilines is 1. The number of benzene rings is 1. The van der Waals surface area contributed by atoms with Crippen molar-refractivity contribution in [2.75, 3.05) is 5.73 Å². The van der Waals surface area contributed by atoms with Crippen LogP contribution in [0.5, 0.6) is 0 Å². The SMILES string of the molecule is Nc1c(Br)cc2nc(-c3cncc(Br)c3)oc2c1Br. The Morgan fingerprint density at radius 3 is 2.63 bits per heavy atom. The van der Waals surface area contributed by atoms with E-state index in [1.54, 1.807) is 12.4 Å². The molecular formula is C12H6Br3N3O. The fraction of sp³-hybridized carbons (Fsp3) is 0. The number of nitrogen functional groups attached to an aromatic ring is 1. The molecule has 0 aliphatic carbocycles. The minimum absolute atomic E-state index is 0.502. The summed E-state index contributed by atoms with van der Waals surface area (Å²) in [4.78, 5) is 8.54. The van der Waals surface area contributed by atoms with E-state index in [1.165, 1.54) is 0 Å². The maximum atomic E-state index is 5.92. The zero-order chi connectivity index (χ0) is 13.6. The maximum absolute atomic E-state index is 5.92. The van der Waals surface area contributed by atoms with Gasteiger partial charge in [-0.15, -0.1) is 0 Å². The van der Waals surface area contributed by atoms with E-state index >= 15 is 0 Å². The van der Waals surface area contributed by atoms with Crippen molar-refractivity contribution < 1.29 is 4.42 Å². The average Bonchev–Trinajstić information content (AvgIpc) is 2.80. The Balaban J connectivity index is 2.25. The van der Waals surface area contributed by atoms with Crippen molar-refractivity contribution >= 4 is 64.6 Å². The van der Waals surface area contributed by atoms with Gasteiger partial charge >= 0.3 is 0 Å². The molecule has 0 amide bonds. The zero-order valence-corrected chi connectivity index (χ0v) is 14.1. The van der Waals surface area contributed by atoms with Gasteiger partial charge in [0.1, 0.15) is 5.52 Å². The molecule has 0 saturated carbocycles. The third kappa shape index (κ3) is 2.30. The quantitative estimate of drug-likeness (QED) is 0.546. The molecule has 7 heteroatoms. The van der Waals surface area contributed by atoms with Crippen molar-refractivity contribution in [3.05, 3.63) is 37.9 Å². The van der Waals surface area contributed by atoms with Crippen molar-refractivity contribution in [3.63, 3.8) is 0 Å². The lowest BCUT2D eigenvalue weighted by Crippen LogP contribution is -1.88. The van der Waals surface area contributed by atoms with Crippen molar-refractivity contribution in [3.8, 4) is 11.5 Å². The first-order valence-electron chi connectivity index (χ1n) is 5.21. The van der Waals surface area contributed by atoms with Crippen LogP contribution in [0, 0.1) is 0 Å². The van der Waals surface area contributed by atoms with Gasteiger partial charge < -0.3 is 10.2 Å². The van der Waals surface area contributed by atoms with Gasteiger partial charge in [0.15, 0.2) is 5.58 Å². The van der Waals surface area contributed by atoms with Crippen molar-refractivity contribution in [2.45, 2.75) is 0 Å². The van der Waals surface area contributed by atoms with Gasteiger partial charge in [-0.1, -0.05) is 0 Å². The third-order valence-corrected chi connectivity index (χ3v) is 4.44. The summed E-state index contributed by atoms with van der Waals surface area (Å²) in [6.45, 7) is 0. The van der Waals surface area contributed by atoms with Gasteiger partial charge in [-0.25, -0.2) is 4.98 Å². The second kappa shape index (κ2) is 4.88. The fourth-order valence-corrected chi connectivity index (χ4v) is 3.21. The summed E-state index contributed by atoms with van der Waals surface area (Å²) >= 11 is 10.2. The molecule has 0 aliphatic rings. The number of oxazole rings is 1. The van der Waals surface area contributed by atoms with Crippen LogP contribution in [0.25, 0.3) is 22.6 Å². The number of halogens is 3. The number of nitrogens with two attached hydrogens (primary N) is 1. The molecule has 2 heterocycles. The highest BCUT2D eigenvalue weighted by atomic mass is 79.9. The summed E-state index contributed by atoms with van der Waals surface area (Å²) in [7, 11) is 0. The van der Waals surface area contributed by atoms with Crippen molar-refractivity contribution in [1.82, 2.24) is 9.97 Å². The standard InChI is InChI=1S/C12H6Br3N3O/c13-6-1-5(3-17-4-6)12-18-8-2-7(14)10(16)9(15)11(8)19-12/h1-4H,16H2. The van der Waals surface area contributed by atoms with Crippen LogP contribution in [0.15, 0.2) is 42.4 Å². The third-order valence-electron chi connectivity index (χ3n) is 2.56. The molecule has 2 aromatic heterocycles. The van der Waals surface area contributed by atoms with E-state index < -0.39 is 0 Å². The normalized spacial score (nSPS) is 11.1. The second-order valence-electron chi connectivity index (χ2n) is 3.85. The summed E-state index contributed by atoms with van der Waals surface area (Å²) in [6, 6.07) is 3.72. The number of pyridine rings is 1. The molecule has 0 aliphatic heterocycles. The number of fused-ring (bicyclic) bond motifs is 1. The molecule has 4 nitrogen and oxygen atoms in total. The molecule has 2 N–H and O–H groups in total. The van der Waals surface area contributed by atoms with Crippen LogP contribution < -0.4 is 5.73 Å². The van der Waals surface area contributed by atoms with Crippen LogP contribution in [0.3, 0.4) is 0 Å². The number of nitrogens with zero attached hydrogens (tertiary/aromatic N) is 2. The van der Waals surface area contributed by atoms with E-state index in [1.807, 2.05) is 12.1 Å². The van der Waals surface area contributed by atoms with Crippen LogP contribution in [0.4, 0.5) is 5.69 Å². The van der Waals surface area contributed by atoms with Gasteiger partial charge in [0.25, 0.3) is 0 Å². The van der Waals surface area contributed by atoms with E-state index in [4.69, 9.17) is 10.2 Å². The number of aromatic nitrogens is 2. The van der Waals surface area contributed by atoms with E-state index in [0.717, 1.165) is 20.0 Å². The van der Waals surface area contributed by atoms with Crippen molar-refractivity contribution in [2.24, 2.45) is 0 Å². The largest absolute Gasteiger partial charge is 0.435 e. The summed E-state index contributed by atoms with van der Waals surface area (Å²) in [5, 5.41) is 0. The highest BCUT2D eigenvalue weighted by Gasteiger charge is 2.15. The highest BCUT2D eigenvalue weighted by Crippen LogP contribution is 2.37. The van der Waals surface area contributed by atoms with Crippen LogP contribution in [0.2, 0.25) is 0 Å². The number of hydrogen-bond acceptors (Lipinski definition) is 4. The lowest BCUT2D eigenvalue weighted by Gasteiger charge is -2.00. The lowest BCUT2D eigenvalue weighted by atomic mass is 10.3. The molecule has 0 fully saturated rings. The van der Waals surface area contributed by atoms with Crippen LogP contribution in [-0.2, 0) is 0 Å². The summed E-state index contributed by atoms with van der Waals surface area (Å²) in [6.07, 6.45) is 3.40. The highest BCUT2D eigenvalue weighted by molar-refractivity contribution is 9.11. The molecule has 3 aromatic rings. The smallest absolute Gasteiger partial charge is 0.228 e. The Labute approximate surface area is 133 Å². The van der Waals surface area contributed by atoms with Gasteiger partial charge in [-0.05, 0) is 59.9 Å². The van der Waals surface area contributed by atoms with Gasteiger partial charge in [-0.2, -0.15) is 0 Å². The Morgan fingerprint density at radius 1 is 1.11 bits per heavy atom. The predicted octanol–water partition coefficient (Wildman–Crippen LogP) is 4.76. The summed E-state index contributed by atoms with van der Waals surface area (Å²) < 4.78 is 8.09. The average molecular weight is 448 g/mol. The van der Waals surface area contributed by atoms with Crippen LogP contribution in [-0.4, -0.2) is 9.97 Å². The Bertz CT molecular complexity index is 785. The van der Waals surface area contributed by atoms with E-state index in [9.17, 15) is 0 Å². The maximum Gasteiger partial charge on any atom is 0.228 e. The van der Waals surface area contributed by atoms with E-state index in [-0.39, 0.29) is 0 Å². The molecule has 0 saturated heterocycles. The Kier molecular flexibility index (Phi) is 3.36. The van der Waals surface area contributed by atoms with Crippen LogP contribution in [0.1, 0.15) is 0 Å². The number of hydrogen-bond donors (Lipinski definition) is 1. The molecule has 0 atom stereocenters. The zero-order valence-electron chi connectivity index (χ0n) is 9.32. The van der Waals surface area contributed by atoms with Gasteiger partial charge in [0, 0.05) is 21.3 Å². The fourth-order valence-electron chi connectivity index (χ4n) is 1.66. The topological polar surface area (TPSA) is 64.9 Å². The first-order chi connectivity index (χ1) is 9.06. The predicted molar refractivity (Wildman–Crippen MR) is 84.8 cm³/mol. The molecule has 1 aromatic carbocycles. The Hall–Kier alpha value is -0.920. The Morgan fingerprint density at radius 2 is 1.89 bits per heavy atom. The second-order valence-corrected chi connectivity index (χ2v) is 6.41.